The van der Waals surface area contributed by atoms with E-state index in [-0.39, 0.29) is 23.8 Å². The number of phenolic OH excluding ortho intramolecular Hbond substituents is 1. The van der Waals surface area contributed by atoms with Gasteiger partial charge in [0.05, 0.1) is 14.7 Å². The molecule has 0 heterocycles. The van der Waals surface area contributed by atoms with Crippen LogP contribution in [0.25, 0.3) is 0 Å². The molecule has 4 nitrogen and oxygen atoms in total. The summed E-state index contributed by atoms with van der Waals surface area (Å²) in [7, 11) is 0. The van der Waals surface area contributed by atoms with E-state index in [0.717, 1.165) is 35.7 Å². The van der Waals surface area contributed by atoms with Crippen LogP contribution in [0.15, 0.2) is 12.1 Å². The molecule has 0 aliphatic heterocycles. The largest absolute Gasteiger partial charge is 0.506 e. The van der Waals surface area contributed by atoms with Crippen molar-refractivity contribution < 1.29 is 15.0 Å². The number of aliphatic hydroxyl groups is 1. The average Bonchev–Trinajstić information content (AvgIpc) is 2.41. The lowest BCUT2D eigenvalue weighted by Gasteiger charge is -2.32. The maximum Gasteiger partial charge on any atom is 0.255 e. The van der Waals surface area contributed by atoms with Crippen LogP contribution in [0.3, 0.4) is 0 Å². The van der Waals surface area contributed by atoms with E-state index in [9.17, 15) is 15.0 Å². The third kappa shape index (κ3) is 3.97. The molecule has 1 aliphatic carbocycles. The monoisotopic (exact) mass is 501 g/mol. The number of halogens is 2. The Morgan fingerprint density at radius 1 is 1.25 bits per heavy atom. The smallest absolute Gasteiger partial charge is 0.255 e. The first-order valence-electron chi connectivity index (χ1n) is 6.60. The molecule has 20 heavy (non-hydrogen) atoms. The van der Waals surface area contributed by atoms with Gasteiger partial charge in [-0.1, -0.05) is 19.3 Å². The fourth-order valence-electron chi connectivity index (χ4n) is 2.47. The third-order valence-corrected chi connectivity index (χ3v) is 5.08. The number of nitrogens with one attached hydrogen (secondary N) is 1. The van der Waals surface area contributed by atoms with Gasteiger partial charge >= 0.3 is 0 Å². The van der Waals surface area contributed by atoms with E-state index >= 15 is 0 Å². The fourth-order valence-corrected chi connectivity index (χ4v) is 4.31. The minimum atomic E-state index is -0.793. The molecule has 0 bridgehead atoms. The molecule has 0 spiro atoms. The van der Waals surface area contributed by atoms with Crippen LogP contribution in [0, 0.1) is 7.14 Å². The van der Waals surface area contributed by atoms with Crippen LogP contribution in [0.5, 0.6) is 5.75 Å². The van der Waals surface area contributed by atoms with Crippen LogP contribution < -0.4 is 5.32 Å². The van der Waals surface area contributed by atoms with Crippen molar-refractivity contribution in [2.45, 2.75) is 37.7 Å². The first kappa shape index (κ1) is 16.3. The van der Waals surface area contributed by atoms with E-state index in [1.807, 2.05) is 28.7 Å². The van der Waals surface area contributed by atoms with Crippen LogP contribution in [-0.2, 0) is 0 Å². The Hall–Kier alpha value is -0.0900. The Kier molecular flexibility index (Phi) is 5.52. The summed E-state index contributed by atoms with van der Waals surface area (Å²) in [6, 6.07) is 3.46. The van der Waals surface area contributed by atoms with Gasteiger partial charge in [-0.25, -0.2) is 0 Å². The molecular formula is C14H17I2NO3. The number of phenols is 1. The van der Waals surface area contributed by atoms with Crippen LogP contribution in [0.4, 0.5) is 0 Å². The molecule has 1 aromatic rings. The van der Waals surface area contributed by atoms with E-state index in [2.05, 4.69) is 27.9 Å². The lowest BCUT2D eigenvalue weighted by Crippen LogP contribution is -2.44. The second-order valence-corrected chi connectivity index (χ2v) is 7.66. The highest BCUT2D eigenvalue weighted by Gasteiger charge is 2.30. The molecule has 0 aromatic heterocycles. The third-order valence-electron chi connectivity index (χ3n) is 3.64. The second kappa shape index (κ2) is 6.78. The highest BCUT2D eigenvalue weighted by molar-refractivity contribution is 14.1. The average molecular weight is 501 g/mol. The lowest BCUT2D eigenvalue weighted by molar-refractivity contribution is 0.00522. The quantitative estimate of drug-likeness (QED) is 0.559. The van der Waals surface area contributed by atoms with Crippen molar-refractivity contribution in [1.29, 1.82) is 0 Å². The van der Waals surface area contributed by atoms with Gasteiger partial charge in [0.25, 0.3) is 5.91 Å². The van der Waals surface area contributed by atoms with E-state index in [0.29, 0.717) is 3.57 Å². The van der Waals surface area contributed by atoms with Gasteiger partial charge in [-0.15, -0.1) is 0 Å². The number of hydrogen-bond acceptors (Lipinski definition) is 3. The van der Waals surface area contributed by atoms with Crippen molar-refractivity contribution >= 4 is 51.1 Å². The first-order chi connectivity index (χ1) is 9.41. The Morgan fingerprint density at radius 2 is 1.90 bits per heavy atom. The van der Waals surface area contributed by atoms with Crippen molar-refractivity contribution in [3.8, 4) is 5.75 Å². The van der Waals surface area contributed by atoms with Gasteiger partial charge < -0.3 is 15.5 Å². The molecule has 0 saturated heterocycles. The van der Waals surface area contributed by atoms with Crippen molar-refractivity contribution in [1.82, 2.24) is 5.32 Å². The van der Waals surface area contributed by atoms with Crippen molar-refractivity contribution in [2.24, 2.45) is 0 Å². The molecule has 2 rings (SSSR count). The molecule has 0 atom stereocenters. The Labute approximate surface area is 145 Å². The minimum Gasteiger partial charge on any atom is -0.506 e. The summed E-state index contributed by atoms with van der Waals surface area (Å²) >= 11 is 4.11. The molecule has 3 N–H and O–H groups in total. The van der Waals surface area contributed by atoms with Gasteiger partial charge in [-0.2, -0.15) is 0 Å². The predicted molar refractivity (Wildman–Crippen MR) is 93.9 cm³/mol. The minimum absolute atomic E-state index is 0.000787. The zero-order valence-corrected chi connectivity index (χ0v) is 15.3. The molecule has 1 aromatic carbocycles. The van der Waals surface area contributed by atoms with Crippen molar-refractivity contribution in [3.63, 3.8) is 0 Å². The molecule has 110 valence electrons. The summed E-state index contributed by atoms with van der Waals surface area (Å²) in [6.07, 6.45) is 4.59. The fraction of sp³-hybridized carbons (Fsp3) is 0.500. The standard InChI is InChI=1S/C14H17I2NO3/c15-9-6-10(12(18)11(16)7-9)13(19)17-8-14(20)4-2-1-3-5-14/h6-7,18,20H,1-5,8H2,(H,17,19). The normalized spacial score (nSPS) is 17.8. The first-order valence-corrected chi connectivity index (χ1v) is 8.76. The molecule has 0 radical (unpaired) electrons. The topological polar surface area (TPSA) is 69.6 Å². The SMILES string of the molecule is O=C(NCC1(O)CCCCC1)c1cc(I)cc(I)c1O. The Morgan fingerprint density at radius 3 is 2.55 bits per heavy atom. The number of carbonyl (C=O) groups is 1. The van der Waals surface area contributed by atoms with E-state index in [1.54, 1.807) is 6.07 Å². The number of rotatable bonds is 3. The number of benzene rings is 1. The number of hydrogen-bond donors (Lipinski definition) is 3. The van der Waals surface area contributed by atoms with Crippen molar-refractivity contribution in [2.75, 3.05) is 6.54 Å². The van der Waals surface area contributed by atoms with E-state index < -0.39 is 5.60 Å². The van der Waals surface area contributed by atoms with Gasteiger partial charge in [0.15, 0.2) is 0 Å². The molecule has 0 unspecified atom stereocenters. The molecule has 1 amide bonds. The second-order valence-electron chi connectivity index (χ2n) is 5.25. The maximum atomic E-state index is 12.2. The van der Waals surface area contributed by atoms with Crippen LogP contribution in [-0.4, -0.2) is 28.3 Å². The molecule has 1 aliphatic rings. The number of aromatic hydroxyl groups is 1. The molecule has 1 fully saturated rings. The maximum absolute atomic E-state index is 12.2. The van der Waals surface area contributed by atoms with E-state index in [4.69, 9.17) is 0 Å². The molecule has 1 saturated carbocycles. The molecule has 6 heteroatoms. The predicted octanol–water partition coefficient (Wildman–Crippen LogP) is 3.03. The molecular weight excluding hydrogens is 484 g/mol. The summed E-state index contributed by atoms with van der Waals surface area (Å²) in [5.41, 5.74) is -0.528. The highest BCUT2D eigenvalue weighted by Crippen LogP contribution is 2.29. The number of carbonyl (C=O) groups excluding carboxylic acids is 1. The summed E-state index contributed by atoms with van der Waals surface area (Å²) in [5, 5.41) is 23.1. The Bertz CT molecular complexity index is 513. The van der Waals surface area contributed by atoms with Gasteiger partial charge in [0, 0.05) is 10.1 Å². The van der Waals surface area contributed by atoms with Gasteiger partial charge in [0.1, 0.15) is 5.75 Å². The van der Waals surface area contributed by atoms with Crippen LogP contribution in [0.1, 0.15) is 42.5 Å². The zero-order valence-electron chi connectivity index (χ0n) is 11.0. The summed E-state index contributed by atoms with van der Waals surface area (Å²) in [6.45, 7) is 0.243. The highest BCUT2D eigenvalue weighted by atomic mass is 127. The Balaban J connectivity index is 2.05. The number of amides is 1. The summed E-state index contributed by atoms with van der Waals surface area (Å²) in [5.74, 6) is -0.336. The van der Waals surface area contributed by atoms with E-state index in [1.165, 1.54) is 0 Å². The van der Waals surface area contributed by atoms with Gasteiger partial charge in [-0.3, -0.25) is 4.79 Å². The van der Waals surface area contributed by atoms with Crippen LogP contribution in [0.2, 0.25) is 0 Å². The van der Waals surface area contributed by atoms with Gasteiger partial charge in [-0.05, 0) is 70.2 Å². The van der Waals surface area contributed by atoms with Crippen LogP contribution >= 0.6 is 45.2 Å². The van der Waals surface area contributed by atoms with Crippen molar-refractivity contribution in [3.05, 3.63) is 24.8 Å². The summed E-state index contributed by atoms with van der Waals surface area (Å²) in [4.78, 5) is 12.2. The lowest BCUT2D eigenvalue weighted by atomic mass is 9.85. The van der Waals surface area contributed by atoms with Gasteiger partial charge in [0.2, 0.25) is 0 Å². The zero-order chi connectivity index (χ0) is 14.8. The summed E-state index contributed by atoms with van der Waals surface area (Å²) < 4.78 is 1.54.